The van der Waals surface area contributed by atoms with Crippen molar-refractivity contribution < 1.29 is 18.0 Å². The molecule has 0 saturated heterocycles. The van der Waals surface area contributed by atoms with Crippen LogP contribution in [0.3, 0.4) is 0 Å². The zero-order chi connectivity index (χ0) is 14.6. The highest BCUT2D eigenvalue weighted by Crippen LogP contribution is 2.35. The largest absolute Gasteiger partial charge is 0.396 e. The first kappa shape index (κ1) is 15.3. The third kappa shape index (κ3) is 4.13. The number of carbonyl (C=O) groups excluding carboxylic acids is 1. The number of nitriles is 1. The molecule has 0 aliphatic rings. The number of carbonyl (C=O) groups is 1. The van der Waals surface area contributed by atoms with Gasteiger partial charge < -0.3 is 11.1 Å². The number of alkyl halides is 3. The van der Waals surface area contributed by atoms with E-state index in [1.54, 1.807) is 0 Å². The molecule has 104 valence electrons. The third-order valence-electron chi connectivity index (χ3n) is 2.30. The summed E-state index contributed by atoms with van der Waals surface area (Å²) in [6.45, 7) is 1.38. The van der Waals surface area contributed by atoms with E-state index in [9.17, 15) is 18.0 Å². The number of anilines is 2. The van der Waals surface area contributed by atoms with Crippen molar-refractivity contribution in [2.24, 2.45) is 0 Å². The molecule has 19 heavy (non-hydrogen) atoms. The molecule has 0 aliphatic heterocycles. The minimum absolute atomic E-state index is 0.0610. The van der Waals surface area contributed by atoms with E-state index in [1.807, 2.05) is 6.07 Å². The van der Waals surface area contributed by atoms with Crippen LogP contribution in [-0.4, -0.2) is 18.5 Å². The van der Waals surface area contributed by atoms with Crippen molar-refractivity contribution in [1.82, 2.24) is 0 Å². The lowest BCUT2D eigenvalue weighted by atomic mass is 10.2. The fraction of sp³-hybridized carbons (Fsp3) is 0.455. The summed E-state index contributed by atoms with van der Waals surface area (Å²) >= 11 is 0.987. The zero-order valence-electron chi connectivity index (χ0n) is 10.1. The minimum atomic E-state index is -4.20. The predicted octanol–water partition coefficient (Wildman–Crippen LogP) is 3.16. The van der Waals surface area contributed by atoms with Crippen molar-refractivity contribution in [1.29, 1.82) is 5.26 Å². The standard InChI is InChI=1S/C11H12F3N3OS/c1-6(18)9-8(16)7(5-15)10(19-9)17-4-2-3-11(12,13)14/h17H,2-4,16H2,1H3. The van der Waals surface area contributed by atoms with Crippen LogP contribution in [-0.2, 0) is 0 Å². The minimum Gasteiger partial charge on any atom is -0.396 e. The van der Waals surface area contributed by atoms with Gasteiger partial charge in [0.2, 0.25) is 0 Å². The van der Waals surface area contributed by atoms with E-state index in [2.05, 4.69) is 5.32 Å². The summed E-state index contributed by atoms with van der Waals surface area (Å²) in [4.78, 5) is 11.5. The molecule has 1 heterocycles. The molecule has 0 spiro atoms. The number of nitrogens with two attached hydrogens (primary N) is 1. The molecule has 0 amide bonds. The van der Waals surface area contributed by atoms with Crippen LogP contribution in [0.1, 0.15) is 35.0 Å². The van der Waals surface area contributed by atoms with E-state index < -0.39 is 12.6 Å². The van der Waals surface area contributed by atoms with Crippen molar-refractivity contribution in [2.75, 3.05) is 17.6 Å². The Morgan fingerprint density at radius 3 is 2.63 bits per heavy atom. The summed E-state index contributed by atoms with van der Waals surface area (Å²) in [5.74, 6) is -0.276. The fourth-order valence-corrected chi connectivity index (χ4v) is 2.42. The summed E-state index contributed by atoms with van der Waals surface area (Å²) in [6, 6.07) is 1.84. The van der Waals surface area contributed by atoms with Crippen molar-refractivity contribution in [3.05, 3.63) is 10.4 Å². The Hall–Kier alpha value is -1.75. The van der Waals surface area contributed by atoms with E-state index in [1.165, 1.54) is 6.92 Å². The van der Waals surface area contributed by atoms with E-state index >= 15 is 0 Å². The van der Waals surface area contributed by atoms with Gasteiger partial charge in [-0.15, -0.1) is 11.3 Å². The second kappa shape index (κ2) is 5.93. The summed E-state index contributed by atoms with van der Waals surface area (Å²) in [7, 11) is 0. The number of rotatable bonds is 5. The molecule has 0 radical (unpaired) electrons. The number of thiophene rings is 1. The van der Waals surface area contributed by atoms with Crippen LogP contribution >= 0.6 is 11.3 Å². The van der Waals surface area contributed by atoms with Gasteiger partial charge in [0.05, 0.1) is 10.6 Å². The predicted molar refractivity (Wildman–Crippen MR) is 67.2 cm³/mol. The number of nitrogens with one attached hydrogen (secondary N) is 1. The average molecular weight is 291 g/mol. The molecule has 1 rings (SSSR count). The Morgan fingerprint density at radius 1 is 1.53 bits per heavy atom. The molecule has 0 aliphatic carbocycles. The lowest BCUT2D eigenvalue weighted by Crippen LogP contribution is -2.10. The lowest BCUT2D eigenvalue weighted by Gasteiger charge is -2.07. The molecule has 0 unspecified atom stereocenters. The highest BCUT2D eigenvalue weighted by molar-refractivity contribution is 7.18. The van der Waals surface area contributed by atoms with Gasteiger partial charge in [0, 0.05) is 19.9 Å². The van der Waals surface area contributed by atoms with E-state index in [4.69, 9.17) is 11.0 Å². The van der Waals surface area contributed by atoms with Gasteiger partial charge in [-0.3, -0.25) is 4.79 Å². The SMILES string of the molecule is CC(=O)c1sc(NCCCC(F)(F)F)c(C#N)c1N. The molecular formula is C11H12F3N3OS. The fourth-order valence-electron chi connectivity index (χ4n) is 1.43. The second-order valence-corrected chi connectivity index (χ2v) is 4.88. The first-order valence-corrected chi connectivity index (χ1v) is 6.22. The van der Waals surface area contributed by atoms with Crippen molar-refractivity contribution in [2.45, 2.75) is 25.9 Å². The van der Waals surface area contributed by atoms with Gasteiger partial charge in [-0.2, -0.15) is 18.4 Å². The van der Waals surface area contributed by atoms with E-state index in [-0.39, 0.29) is 34.9 Å². The van der Waals surface area contributed by atoms with Gasteiger partial charge in [-0.25, -0.2) is 0 Å². The average Bonchev–Trinajstić information content (AvgIpc) is 2.60. The van der Waals surface area contributed by atoms with Gasteiger partial charge in [0.15, 0.2) is 5.78 Å². The van der Waals surface area contributed by atoms with Crippen molar-refractivity contribution in [3.63, 3.8) is 0 Å². The number of nitrogen functional groups attached to an aromatic ring is 1. The number of nitrogens with zero attached hydrogens (tertiary/aromatic N) is 1. The molecule has 1 aromatic heterocycles. The first-order valence-electron chi connectivity index (χ1n) is 5.40. The molecule has 8 heteroatoms. The van der Waals surface area contributed by atoms with Gasteiger partial charge in [0.1, 0.15) is 16.6 Å². The lowest BCUT2D eigenvalue weighted by molar-refractivity contribution is -0.134. The van der Waals surface area contributed by atoms with Crippen LogP contribution in [0.25, 0.3) is 0 Å². The quantitative estimate of drug-likeness (QED) is 0.645. The summed E-state index contributed by atoms with van der Waals surface area (Å²) in [6.07, 6.45) is -5.21. The van der Waals surface area contributed by atoms with Crippen LogP contribution in [0.5, 0.6) is 0 Å². The molecule has 3 N–H and O–H groups in total. The maximum atomic E-state index is 12.0. The Kier molecular flexibility index (Phi) is 4.78. The normalized spacial score (nSPS) is 11.1. The van der Waals surface area contributed by atoms with Gasteiger partial charge >= 0.3 is 6.18 Å². The van der Waals surface area contributed by atoms with Crippen LogP contribution in [0, 0.1) is 11.3 Å². The van der Waals surface area contributed by atoms with Gasteiger partial charge in [0.25, 0.3) is 0 Å². The van der Waals surface area contributed by atoms with Crippen LogP contribution < -0.4 is 11.1 Å². The van der Waals surface area contributed by atoms with E-state index in [0.717, 1.165) is 11.3 Å². The molecule has 0 fully saturated rings. The van der Waals surface area contributed by atoms with Crippen LogP contribution in [0.15, 0.2) is 0 Å². The van der Waals surface area contributed by atoms with E-state index in [0.29, 0.717) is 5.00 Å². The summed E-state index contributed by atoms with van der Waals surface area (Å²) in [5.41, 5.74) is 5.83. The molecule has 0 atom stereocenters. The summed E-state index contributed by atoms with van der Waals surface area (Å²) in [5, 5.41) is 12.0. The molecule has 0 saturated carbocycles. The molecule has 4 nitrogen and oxygen atoms in total. The van der Waals surface area contributed by atoms with Gasteiger partial charge in [-0.1, -0.05) is 0 Å². The Morgan fingerprint density at radius 2 is 2.16 bits per heavy atom. The zero-order valence-corrected chi connectivity index (χ0v) is 10.9. The van der Waals surface area contributed by atoms with Crippen molar-refractivity contribution in [3.8, 4) is 6.07 Å². The number of ketones is 1. The third-order valence-corrected chi connectivity index (χ3v) is 3.56. The van der Waals surface area contributed by atoms with Crippen LogP contribution in [0.4, 0.5) is 23.9 Å². The number of hydrogen-bond acceptors (Lipinski definition) is 5. The molecular weight excluding hydrogens is 279 g/mol. The topological polar surface area (TPSA) is 78.9 Å². The number of hydrogen-bond donors (Lipinski definition) is 2. The van der Waals surface area contributed by atoms with Gasteiger partial charge in [-0.05, 0) is 6.42 Å². The highest BCUT2D eigenvalue weighted by atomic mass is 32.1. The number of halogens is 3. The molecule has 0 aromatic carbocycles. The Labute approximate surface area is 112 Å². The first-order chi connectivity index (χ1) is 8.76. The summed E-state index contributed by atoms with van der Waals surface area (Å²) < 4.78 is 35.9. The monoisotopic (exact) mass is 291 g/mol. The Bertz CT molecular complexity index is 516. The smallest absolute Gasteiger partial charge is 0.389 e. The van der Waals surface area contributed by atoms with Crippen LogP contribution in [0.2, 0.25) is 0 Å². The molecule has 0 bridgehead atoms. The maximum Gasteiger partial charge on any atom is 0.389 e. The second-order valence-electron chi connectivity index (χ2n) is 3.86. The Balaban J connectivity index is 2.72. The highest BCUT2D eigenvalue weighted by Gasteiger charge is 2.26. The van der Waals surface area contributed by atoms with Crippen molar-refractivity contribution >= 4 is 27.8 Å². The maximum absolute atomic E-state index is 12.0. The number of Topliss-reactive ketones (excluding diaryl/α,β-unsaturated/α-hetero) is 1. The molecule has 1 aromatic rings.